The fourth-order valence-electron chi connectivity index (χ4n) is 3.98. The van der Waals surface area contributed by atoms with E-state index < -0.39 is 5.91 Å². The average molecular weight is 488 g/mol. The number of piperazine rings is 1. The number of aliphatic imine (C=N–C) groups is 1. The first-order valence-corrected chi connectivity index (χ1v) is 12.1. The van der Waals surface area contributed by atoms with Crippen LogP contribution in [0.15, 0.2) is 77.8 Å². The number of nitrogens with zero attached hydrogens (tertiary/aromatic N) is 3. The van der Waals surface area contributed by atoms with E-state index in [9.17, 15) is 4.79 Å². The van der Waals surface area contributed by atoms with E-state index in [2.05, 4.69) is 21.8 Å². The van der Waals surface area contributed by atoms with Crippen molar-refractivity contribution in [3.63, 3.8) is 0 Å². The van der Waals surface area contributed by atoms with Crippen LogP contribution >= 0.6 is 0 Å². The van der Waals surface area contributed by atoms with Crippen LogP contribution in [0.4, 0.5) is 11.4 Å². The van der Waals surface area contributed by atoms with E-state index in [1.807, 2.05) is 48.5 Å². The molecule has 1 saturated heterocycles. The van der Waals surface area contributed by atoms with Gasteiger partial charge < -0.3 is 30.7 Å². The molecule has 0 bridgehead atoms. The zero-order chi connectivity index (χ0) is 25.3. The number of anilines is 2. The molecule has 4 rings (SSSR count). The largest absolute Gasteiger partial charge is 0.491 e. The fraction of sp³-hybridized carbons (Fsp3) is 0.286. The van der Waals surface area contributed by atoms with E-state index >= 15 is 0 Å². The summed E-state index contributed by atoms with van der Waals surface area (Å²) in [5, 5.41) is 0. The fourth-order valence-corrected chi connectivity index (χ4v) is 3.98. The number of ether oxygens (including phenoxy) is 2. The van der Waals surface area contributed by atoms with E-state index in [0.717, 1.165) is 37.4 Å². The smallest absolute Gasteiger partial charge is 0.279 e. The van der Waals surface area contributed by atoms with Gasteiger partial charge in [0.2, 0.25) is 0 Å². The zero-order valence-electron chi connectivity index (χ0n) is 20.6. The van der Waals surface area contributed by atoms with E-state index in [0.29, 0.717) is 42.4 Å². The lowest BCUT2D eigenvalue weighted by molar-refractivity contribution is 0.0889. The highest BCUT2D eigenvalue weighted by atomic mass is 16.5. The van der Waals surface area contributed by atoms with Crippen molar-refractivity contribution in [2.24, 2.45) is 10.7 Å². The molecule has 36 heavy (non-hydrogen) atoms. The van der Waals surface area contributed by atoms with Gasteiger partial charge in [-0.2, -0.15) is 4.99 Å². The maximum absolute atomic E-state index is 12.8. The predicted molar refractivity (Wildman–Crippen MR) is 144 cm³/mol. The third-order valence-electron chi connectivity index (χ3n) is 6.09. The van der Waals surface area contributed by atoms with Gasteiger partial charge in [0.05, 0.1) is 13.2 Å². The monoisotopic (exact) mass is 487 g/mol. The van der Waals surface area contributed by atoms with E-state index in [4.69, 9.17) is 20.9 Å². The van der Waals surface area contributed by atoms with Crippen molar-refractivity contribution in [1.29, 1.82) is 0 Å². The van der Waals surface area contributed by atoms with Crippen molar-refractivity contribution in [2.45, 2.75) is 6.61 Å². The van der Waals surface area contributed by atoms with Crippen LogP contribution in [-0.4, -0.2) is 63.1 Å². The normalized spacial score (nSPS) is 14.6. The number of amides is 1. The Hall–Kier alpha value is -3.88. The van der Waals surface area contributed by atoms with Gasteiger partial charge in [-0.15, -0.1) is 0 Å². The molecule has 8 heteroatoms. The lowest BCUT2D eigenvalue weighted by Gasteiger charge is -2.34. The first-order chi connectivity index (χ1) is 17.5. The molecule has 0 saturated carbocycles. The molecular weight excluding hydrogens is 454 g/mol. The molecule has 0 unspecified atom stereocenters. The molecule has 0 radical (unpaired) electrons. The Morgan fingerprint density at radius 1 is 0.944 bits per heavy atom. The van der Waals surface area contributed by atoms with Crippen LogP contribution in [0, 0.1) is 0 Å². The maximum atomic E-state index is 12.8. The number of hydrogen-bond acceptors (Lipinski definition) is 6. The second-order valence-electron chi connectivity index (χ2n) is 8.78. The Bertz CT molecular complexity index is 1190. The average Bonchev–Trinajstić information content (AvgIpc) is 2.89. The molecule has 1 fully saturated rings. The lowest BCUT2D eigenvalue weighted by Crippen LogP contribution is -2.44. The number of benzene rings is 3. The second kappa shape index (κ2) is 12.2. The molecule has 1 aliphatic heterocycles. The van der Waals surface area contributed by atoms with Gasteiger partial charge in [-0.1, -0.05) is 36.4 Å². The summed E-state index contributed by atoms with van der Waals surface area (Å²) in [6.07, 6.45) is 0. The predicted octanol–water partition coefficient (Wildman–Crippen LogP) is 3.16. The number of carbonyl (C=O) groups excluding carboxylic acids is 1. The van der Waals surface area contributed by atoms with Gasteiger partial charge in [0.1, 0.15) is 18.2 Å². The summed E-state index contributed by atoms with van der Waals surface area (Å²) in [5.74, 6) is 0.262. The molecule has 0 spiro atoms. The number of nitrogen functional groups attached to an aromatic ring is 1. The highest BCUT2D eigenvalue weighted by Gasteiger charge is 2.16. The van der Waals surface area contributed by atoms with Crippen molar-refractivity contribution in [1.82, 2.24) is 4.90 Å². The van der Waals surface area contributed by atoms with E-state index in [-0.39, 0.29) is 5.84 Å². The molecule has 8 nitrogen and oxygen atoms in total. The quantitative estimate of drug-likeness (QED) is 0.207. The molecule has 1 aliphatic rings. The molecule has 0 aliphatic carbocycles. The summed E-state index contributed by atoms with van der Waals surface area (Å²) >= 11 is 0. The summed E-state index contributed by atoms with van der Waals surface area (Å²) in [6.45, 7) is 5.18. The minimum absolute atomic E-state index is 0.0697. The Morgan fingerprint density at radius 3 is 2.47 bits per heavy atom. The van der Waals surface area contributed by atoms with Crippen LogP contribution < -0.4 is 21.1 Å². The van der Waals surface area contributed by atoms with Gasteiger partial charge in [0, 0.05) is 54.7 Å². The van der Waals surface area contributed by atoms with Gasteiger partial charge in [-0.25, -0.2) is 0 Å². The Morgan fingerprint density at radius 2 is 1.72 bits per heavy atom. The molecular formula is C28H33N5O3. The first-order valence-electron chi connectivity index (χ1n) is 12.1. The zero-order valence-corrected chi connectivity index (χ0v) is 20.6. The van der Waals surface area contributed by atoms with Crippen LogP contribution in [0.1, 0.15) is 21.5 Å². The summed E-state index contributed by atoms with van der Waals surface area (Å²) in [6, 6.07) is 22.6. The van der Waals surface area contributed by atoms with Gasteiger partial charge >= 0.3 is 0 Å². The van der Waals surface area contributed by atoms with Crippen LogP contribution in [0.2, 0.25) is 0 Å². The number of hydrogen-bond donors (Lipinski definition) is 2. The SMILES string of the molecule is CN1CCN(c2cccc(C(=O)N=C(N)c3ccc(OCCOCc4ccccc4)cc3N)c2)CC1. The van der Waals surface area contributed by atoms with Crippen LogP contribution in [0.3, 0.4) is 0 Å². The third-order valence-corrected chi connectivity index (χ3v) is 6.09. The maximum Gasteiger partial charge on any atom is 0.279 e. The van der Waals surface area contributed by atoms with Crippen LogP contribution in [0.5, 0.6) is 5.75 Å². The summed E-state index contributed by atoms with van der Waals surface area (Å²) in [5.41, 5.74) is 15.8. The van der Waals surface area contributed by atoms with Crippen molar-refractivity contribution in [3.05, 3.63) is 89.5 Å². The Kier molecular flexibility index (Phi) is 8.54. The topological polar surface area (TPSA) is 106 Å². The van der Waals surface area contributed by atoms with Crippen molar-refractivity contribution in [2.75, 3.05) is 57.1 Å². The third kappa shape index (κ3) is 6.84. The number of likely N-dealkylation sites (N-methyl/N-ethyl adjacent to an activating group) is 1. The van der Waals surface area contributed by atoms with Gasteiger partial charge in [-0.3, -0.25) is 4.79 Å². The lowest BCUT2D eigenvalue weighted by atomic mass is 10.1. The second-order valence-corrected chi connectivity index (χ2v) is 8.78. The molecule has 3 aromatic carbocycles. The molecule has 0 aromatic heterocycles. The molecule has 1 heterocycles. The minimum Gasteiger partial charge on any atom is -0.491 e. The standard InChI is InChI=1S/C28H33N5O3/c1-32-12-14-33(15-13-32)23-9-5-8-22(18-23)28(34)31-27(30)25-11-10-24(19-26(25)29)36-17-16-35-20-21-6-3-2-4-7-21/h2-11,18-19H,12-17,20,29H2,1H3,(H2,30,31,34). The molecule has 4 N–H and O–H groups in total. The van der Waals surface area contributed by atoms with E-state index in [1.165, 1.54) is 0 Å². The number of carbonyl (C=O) groups is 1. The highest BCUT2D eigenvalue weighted by Crippen LogP contribution is 2.21. The first kappa shape index (κ1) is 25.2. The summed E-state index contributed by atoms with van der Waals surface area (Å²) in [4.78, 5) is 21.5. The van der Waals surface area contributed by atoms with Gasteiger partial charge in [-0.05, 0) is 42.9 Å². The summed E-state index contributed by atoms with van der Waals surface area (Å²) in [7, 11) is 2.11. The number of nitrogens with two attached hydrogens (primary N) is 2. The highest BCUT2D eigenvalue weighted by molar-refractivity contribution is 6.11. The Labute approximate surface area is 212 Å². The molecule has 1 amide bonds. The van der Waals surface area contributed by atoms with Crippen molar-refractivity contribution in [3.8, 4) is 5.75 Å². The Balaban J connectivity index is 1.32. The van der Waals surface area contributed by atoms with Crippen LogP contribution in [0.25, 0.3) is 0 Å². The van der Waals surface area contributed by atoms with Gasteiger partial charge in [0.15, 0.2) is 0 Å². The van der Waals surface area contributed by atoms with Crippen LogP contribution in [-0.2, 0) is 11.3 Å². The number of amidine groups is 1. The summed E-state index contributed by atoms with van der Waals surface area (Å²) < 4.78 is 11.4. The van der Waals surface area contributed by atoms with E-state index in [1.54, 1.807) is 24.3 Å². The minimum atomic E-state index is -0.404. The van der Waals surface area contributed by atoms with Crippen molar-refractivity contribution >= 4 is 23.1 Å². The number of rotatable bonds is 9. The van der Waals surface area contributed by atoms with Crippen molar-refractivity contribution < 1.29 is 14.3 Å². The molecule has 188 valence electrons. The van der Waals surface area contributed by atoms with Gasteiger partial charge in [0.25, 0.3) is 5.91 Å². The molecule has 0 atom stereocenters. The molecule has 3 aromatic rings.